The van der Waals surface area contributed by atoms with Crippen LogP contribution in [-0.2, 0) is 9.53 Å². The monoisotopic (exact) mass is 345 g/mol. The van der Waals surface area contributed by atoms with E-state index in [4.69, 9.17) is 16.3 Å². The van der Waals surface area contributed by atoms with Crippen molar-refractivity contribution in [2.45, 2.75) is 44.6 Å². The van der Waals surface area contributed by atoms with Crippen molar-refractivity contribution < 1.29 is 23.1 Å². The van der Waals surface area contributed by atoms with Crippen LogP contribution in [0, 0.1) is 11.6 Å². The Labute approximate surface area is 138 Å². The summed E-state index contributed by atoms with van der Waals surface area (Å²) >= 11 is 5.82. The molecule has 2 rings (SSSR count). The van der Waals surface area contributed by atoms with Crippen molar-refractivity contribution in [2.24, 2.45) is 0 Å². The summed E-state index contributed by atoms with van der Waals surface area (Å²) in [7, 11) is 0. The molecule has 0 bridgehead atoms. The van der Waals surface area contributed by atoms with Gasteiger partial charge in [-0.15, -0.1) is 0 Å². The number of benzene rings is 1. The molecule has 1 aromatic rings. The van der Waals surface area contributed by atoms with Crippen LogP contribution >= 0.6 is 11.6 Å². The maximum atomic E-state index is 13.4. The first-order chi connectivity index (χ1) is 10.9. The predicted octanol–water partition coefficient (Wildman–Crippen LogP) is 3.61. The van der Waals surface area contributed by atoms with E-state index in [1.807, 2.05) is 0 Å². The minimum atomic E-state index is -1.17. The van der Waals surface area contributed by atoms with E-state index in [9.17, 15) is 18.4 Å². The lowest BCUT2D eigenvalue weighted by Gasteiger charge is -2.35. The van der Waals surface area contributed by atoms with E-state index in [1.54, 1.807) is 6.92 Å². The predicted molar refractivity (Wildman–Crippen MR) is 81.3 cm³/mol. The zero-order chi connectivity index (χ0) is 17.0. The Kier molecular flexibility index (Phi) is 5.57. The fourth-order valence-electron chi connectivity index (χ4n) is 2.79. The van der Waals surface area contributed by atoms with Gasteiger partial charge in [0, 0.05) is 0 Å². The fraction of sp³-hybridized carbons (Fsp3) is 0.500. The number of esters is 1. The number of hydrogen-bond donors (Lipinski definition) is 1. The van der Waals surface area contributed by atoms with Crippen molar-refractivity contribution in [3.63, 3.8) is 0 Å². The fourth-order valence-corrected chi connectivity index (χ4v) is 3.02. The van der Waals surface area contributed by atoms with Crippen molar-refractivity contribution in [1.82, 2.24) is 5.32 Å². The molecule has 0 aromatic heterocycles. The largest absolute Gasteiger partial charge is 0.464 e. The van der Waals surface area contributed by atoms with Gasteiger partial charge in [-0.2, -0.15) is 0 Å². The summed E-state index contributed by atoms with van der Waals surface area (Å²) in [6.07, 6.45) is 3.38. The van der Waals surface area contributed by atoms with Crippen molar-refractivity contribution in [2.75, 3.05) is 6.61 Å². The normalized spacial score (nSPS) is 16.7. The summed E-state index contributed by atoms with van der Waals surface area (Å²) in [6.45, 7) is 1.88. The topological polar surface area (TPSA) is 55.4 Å². The molecule has 23 heavy (non-hydrogen) atoms. The number of hydrogen-bond acceptors (Lipinski definition) is 3. The highest BCUT2D eigenvalue weighted by Crippen LogP contribution is 2.30. The molecule has 0 atom stereocenters. The molecular formula is C16H18ClF2NO3. The van der Waals surface area contributed by atoms with Gasteiger partial charge in [-0.05, 0) is 31.9 Å². The Morgan fingerprint density at radius 2 is 1.83 bits per heavy atom. The lowest BCUT2D eigenvalue weighted by atomic mass is 9.81. The number of amides is 1. The molecule has 0 saturated heterocycles. The number of ether oxygens (including phenoxy) is 1. The molecule has 1 amide bonds. The summed E-state index contributed by atoms with van der Waals surface area (Å²) in [4.78, 5) is 24.7. The minimum Gasteiger partial charge on any atom is -0.464 e. The molecule has 7 heteroatoms. The summed E-state index contributed by atoms with van der Waals surface area (Å²) in [6, 6.07) is 1.47. The van der Waals surface area contributed by atoms with Crippen LogP contribution in [0.2, 0.25) is 5.02 Å². The standard InChI is InChI=1S/C16H18ClF2NO3/c1-2-23-15(22)16(6-4-3-5-7-16)20-14(21)10-8-12(18)13(19)9-11(10)17/h8-9H,2-7H2,1H3,(H,20,21). The van der Waals surface area contributed by atoms with Crippen LogP contribution in [-0.4, -0.2) is 24.0 Å². The third-order valence-electron chi connectivity index (χ3n) is 3.98. The SMILES string of the molecule is CCOC(=O)C1(NC(=O)c2cc(F)c(F)cc2Cl)CCCCC1. The zero-order valence-electron chi connectivity index (χ0n) is 12.8. The van der Waals surface area contributed by atoms with E-state index in [0.717, 1.165) is 31.4 Å². The molecule has 0 radical (unpaired) electrons. The van der Waals surface area contributed by atoms with Crippen LogP contribution in [0.4, 0.5) is 8.78 Å². The molecule has 1 aliphatic rings. The number of carbonyl (C=O) groups is 2. The van der Waals surface area contributed by atoms with E-state index in [0.29, 0.717) is 12.8 Å². The second-order valence-corrected chi connectivity index (χ2v) is 5.97. The molecule has 0 heterocycles. The van der Waals surface area contributed by atoms with E-state index in [2.05, 4.69) is 5.32 Å². The third kappa shape index (κ3) is 3.80. The smallest absolute Gasteiger partial charge is 0.331 e. The first-order valence-corrected chi connectivity index (χ1v) is 7.91. The van der Waals surface area contributed by atoms with Crippen molar-refractivity contribution in [3.8, 4) is 0 Å². The molecule has 0 unspecified atom stereocenters. The average Bonchev–Trinajstić information content (AvgIpc) is 2.52. The summed E-state index contributed by atoms with van der Waals surface area (Å²) in [5, 5.41) is 2.42. The average molecular weight is 346 g/mol. The maximum absolute atomic E-state index is 13.4. The molecule has 4 nitrogen and oxygen atoms in total. The van der Waals surface area contributed by atoms with Gasteiger partial charge in [-0.3, -0.25) is 4.79 Å². The quantitative estimate of drug-likeness (QED) is 0.670. The van der Waals surface area contributed by atoms with Gasteiger partial charge in [0.05, 0.1) is 17.2 Å². The van der Waals surface area contributed by atoms with Crippen molar-refractivity contribution in [1.29, 1.82) is 0 Å². The van der Waals surface area contributed by atoms with Gasteiger partial charge in [0.25, 0.3) is 5.91 Å². The first kappa shape index (κ1) is 17.7. The number of nitrogens with one attached hydrogen (secondary N) is 1. The van der Waals surface area contributed by atoms with Crippen LogP contribution in [0.25, 0.3) is 0 Å². The molecule has 1 fully saturated rings. The van der Waals surface area contributed by atoms with E-state index in [-0.39, 0.29) is 17.2 Å². The summed E-state index contributed by atoms with van der Waals surface area (Å²) in [5.74, 6) is -3.53. The van der Waals surface area contributed by atoms with E-state index >= 15 is 0 Å². The summed E-state index contributed by atoms with van der Waals surface area (Å²) < 4.78 is 31.6. The Morgan fingerprint density at radius 3 is 2.43 bits per heavy atom. The van der Waals surface area contributed by atoms with E-state index in [1.165, 1.54) is 0 Å². The maximum Gasteiger partial charge on any atom is 0.331 e. The zero-order valence-corrected chi connectivity index (χ0v) is 13.5. The van der Waals surface area contributed by atoms with Crippen LogP contribution in [0.15, 0.2) is 12.1 Å². The van der Waals surface area contributed by atoms with Crippen LogP contribution in [0.3, 0.4) is 0 Å². The number of rotatable bonds is 4. The van der Waals surface area contributed by atoms with Crippen LogP contribution in [0.1, 0.15) is 49.4 Å². The highest BCUT2D eigenvalue weighted by molar-refractivity contribution is 6.33. The van der Waals surface area contributed by atoms with Crippen molar-refractivity contribution in [3.05, 3.63) is 34.4 Å². The second-order valence-electron chi connectivity index (χ2n) is 5.56. The molecular weight excluding hydrogens is 328 g/mol. The molecule has 1 N–H and O–H groups in total. The van der Waals surface area contributed by atoms with Gasteiger partial charge in [-0.1, -0.05) is 30.9 Å². The lowest BCUT2D eigenvalue weighted by Crippen LogP contribution is -2.56. The minimum absolute atomic E-state index is 0.197. The summed E-state index contributed by atoms with van der Waals surface area (Å²) in [5.41, 5.74) is -1.35. The highest BCUT2D eigenvalue weighted by atomic mass is 35.5. The number of carbonyl (C=O) groups excluding carboxylic acids is 2. The third-order valence-corrected chi connectivity index (χ3v) is 4.29. The molecule has 0 aliphatic heterocycles. The first-order valence-electron chi connectivity index (χ1n) is 7.54. The van der Waals surface area contributed by atoms with Gasteiger partial charge in [0.1, 0.15) is 5.54 Å². The Morgan fingerprint density at radius 1 is 1.22 bits per heavy atom. The highest BCUT2D eigenvalue weighted by Gasteiger charge is 2.42. The van der Waals surface area contributed by atoms with Crippen LogP contribution in [0.5, 0.6) is 0 Å². The van der Waals surface area contributed by atoms with Gasteiger partial charge in [-0.25, -0.2) is 13.6 Å². The molecule has 1 aliphatic carbocycles. The molecule has 0 spiro atoms. The van der Waals surface area contributed by atoms with Gasteiger partial charge >= 0.3 is 5.97 Å². The lowest BCUT2D eigenvalue weighted by molar-refractivity contribution is -0.152. The van der Waals surface area contributed by atoms with Gasteiger partial charge in [0.15, 0.2) is 11.6 Å². The van der Waals surface area contributed by atoms with Crippen LogP contribution < -0.4 is 5.32 Å². The van der Waals surface area contributed by atoms with Gasteiger partial charge in [0.2, 0.25) is 0 Å². The van der Waals surface area contributed by atoms with Gasteiger partial charge < -0.3 is 10.1 Å². The van der Waals surface area contributed by atoms with Crippen molar-refractivity contribution >= 4 is 23.5 Å². The number of halogens is 3. The molecule has 1 saturated carbocycles. The Hall–Kier alpha value is -1.69. The Bertz CT molecular complexity index is 616. The second kappa shape index (κ2) is 7.25. The molecule has 1 aromatic carbocycles. The van der Waals surface area contributed by atoms with E-state index < -0.39 is 29.0 Å². The Balaban J connectivity index is 2.27. The molecule has 126 valence electrons.